The second-order valence-electron chi connectivity index (χ2n) is 4.91. The Morgan fingerprint density at radius 1 is 1.00 bits per heavy atom. The lowest BCUT2D eigenvalue weighted by molar-refractivity contribution is 1.08. The van der Waals surface area contributed by atoms with Gasteiger partial charge in [-0.2, -0.15) is 5.10 Å². The molecule has 0 aliphatic heterocycles. The summed E-state index contributed by atoms with van der Waals surface area (Å²) in [5, 5.41) is 8.22. The number of hydrogen-bond donors (Lipinski definition) is 1. The maximum atomic E-state index is 4.07. The van der Waals surface area contributed by atoms with E-state index in [1.54, 1.807) is 0 Å². The van der Waals surface area contributed by atoms with Crippen molar-refractivity contribution in [2.75, 3.05) is 0 Å². The van der Waals surface area contributed by atoms with Crippen LogP contribution in [0.15, 0.2) is 71.5 Å². The quantitative estimate of drug-likeness (QED) is 0.560. The van der Waals surface area contributed by atoms with E-state index in [4.69, 9.17) is 0 Å². The van der Waals surface area contributed by atoms with Gasteiger partial charge in [-0.15, -0.1) is 0 Å². The third kappa shape index (κ3) is 2.17. The van der Waals surface area contributed by atoms with Crippen molar-refractivity contribution >= 4 is 26.8 Å². The Labute approximate surface area is 130 Å². The van der Waals surface area contributed by atoms with Gasteiger partial charge in [0.2, 0.25) is 0 Å². The zero-order chi connectivity index (χ0) is 14.2. The summed E-state index contributed by atoms with van der Waals surface area (Å²) < 4.78 is 3.27. The van der Waals surface area contributed by atoms with Crippen LogP contribution >= 0.6 is 15.9 Å². The summed E-state index contributed by atoms with van der Waals surface area (Å²) in [6.45, 7) is 0. The van der Waals surface area contributed by atoms with Gasteiger partial charge < -0.3 is 4.57 Å². The number of nitrogens with one attached hydrogen (secondary N) is 1. The molecule has 2 heterocycles. The molecule has 0 radical (unpaired) electrons. The van der Waals surface area contributed by atoms with Crippen LogP contribution < -0.4 is 0 Å². The van der Waals surface area contributed by atoms with Crippen LogP contribution in [0.1, 0.15) is 0 Å². The summed E-state index contributed by atoms with van der Waals surface area (Å²) in [6, 6.07) is 18.9. The molecule has 4 heteroatoms. The molecule has 4 aromatic rings. The predicted molar refractivity (Wildman–Crippen MR) is 88.6 cm³/mol. The minimum atomic E-state index is 1.04. The average Bonchev–Trinajstić information content (AvgIpc) is 3.16. The highest BCUT2D eigenvalue weighted by Gasteiger charge is 2.07. The normalized spacial score (nSPS) is 11.1. The van der Waals surface area contributed by atoms with E-state index in [9.17, 15) is 0 Å². The van der Waals surface area contributed by atoms with Crippen molar-refractivity contribution in [1.82, 2.24) is 14.8 Å². The first-order valence-electron chi connectivity index (χ1n) is 6.68. The van der Waals surface area contributed by atoms with Crippen LogP contribution in [-0.4, -0.2) is 14.8 Å². The van der Waals surface area contributed by atoms with E-state index >= 15 is 0 Å². The van der Waals surface area contributed by atoms with Gasteiger partial charge in [-0.1, -0.05) is 28.1 Å². The zero-order valence-corrected chi connectivity index (χ0v) is 12.7. The van der Waals surface area contributed by atoms with Crippen LogP contribution in [0.25, 0.3) is 27.8 Å². The fourth-order valence-corrected chi connectivity index (χ4v) is 2.80. The van der Waals surface area contributed by atoms with Crippen LogP contribution in [0.2, 0.25) is 0 Å². The lowest BCUT2D eigenvalue weighted by Crippen LogP contribution is -1.94. The van der Waals surface area contributed by atoms with E-state index in [-0.39, 0.29) is 0 Å². The predicted octanol–water partition coefficient (Wildman–Crippen LogP) is 4.78. The Morgan fingerprint density at radius 3 is 2.71 bits per heavy atom. The summed E-state index contributed by atoms with van der Waals surface area (Å²) in [7, 11) is 0. The van der Waals surface area contributed by atoms with Crippen molar-refractivity contribution in [2.24, 2.45) is 0 Å². The number of nitrogens with zero attached hydrogens (tertiary/aromatic N) is 2. The molecule has 0 spiro atoms. The Balaban J connectivity index is 1.85. The summed E-state index contributed by atoms with van der Waals surface area (Å²) in [6.07, 6.45) is 3.92. The largest absolute Gasteiger partial charge is 0.317 e. The Morgan fingerprint density at radius 2 is 1.86 bits per heavy atom. The van der Waals surface area contributed by atoms with Crippen molar-refractivity contribution in [3.05, 3.63) is 71.5 Å². The molecule has 0 bridgehead atoms. The van der Waals surface area contributed by atoms with Crippen LogP contribution in [0.4, 0.5) is 0 Å². The number of rotatable bonds is 2. The first kappa shape index (κ1) is 12.4. The number of benzene rings is 2. The molecule has 2 aromatic heterocycles. The molecule has 4 rings (SSSR count). The number of aromatic amines is 1. The van der Waals surface area contributed by atoms with Gasteiger partial charge in [0.05, 0.1) is 17.4 Å². The molecule has 1 N–H and O–H groups in total. The maximum absolute atomic E-state index is 4.07. The van der Waals surface area contributed by atoms with Crippen molar-refractivity contribution < 1.29 is 0 Å². The second kappa shape index (κ2) is 4.90. The number of fused-ring (bicyclic) bond motifs is 1. The van der Waals surface area contributed by atoms with Gasteiger partial charge in [-0.3, -0.25) is 5.10 Å². The van der Waals surface area contributed by atoms with Crippen LogP contribution in [-0.2, 0) is 0 Å². The van der Waals surface area contributed by atoms with Crippen molar-refractivity contribution in [1.29, 1.82) is 0 Å². The van der Waals surface area contributed by atoms with E-state index < -0.39 is 0 Å². The minimum Gasteiger partial charge on any atom is -0.317 e. The number of H-pyrrole nitrogens is 1. The second-order valence-corrected chi connectivity index (χ2v) is 5.83. The smallest absolute Gasteiger partial charge is 0.0671 e. The fraction of sp³-hybridized carbons (Fsp3) is 0. The fourth-order valence-electron chi connectivity index (χ4n) is 2.54. The molecule has 0 saturated carbocycles. The molecule has 0 unspecified atom stereocenters. The van der Waals surface area contributed by atoms with Gasteiger partial charge in [-0.05, 0) is 48.0 Å². The molecule has 0 saturated heterocycles. The lowest BCUT2D eigenvalue weighted by Gasteiger charge is -2.10. The number of aromatic nitrogens is 3. The van der Waals surface area contributed by atoms with Crippen LogP contribution in [0, 0.1) is 0 Å². The first-order valence-corrected chi connectivity index (χ1v) is 7.47. The Bertz CT molecular complexity index is 903. The lowest BCUT2D eigenvalue weighted by atomic mass is 10.1. The zero-order valence-electron chi connectivity index (χ0n) is 11.1. The Kier molecular flexibility index (Phi) is 2.89. The molecular formula is C17H12BrN3. The molecule has 21 heavy (non-hydrogen) atoms. The van der Waals surface area contributed by atoms with E-state index in [1.807, 2.05) is 6.20 Å². The molecule has 0 fully saturated rings. The van der Waals surface area contributed by atoms with E-state index in [2.05, 4.69) is 91.5 Å². The third-order valence-electron chi connectivity index (χ3n) is 3.59. The number of halogens is 1. The first-order chi connectivity index (χ1) is 10.3. The monoisotopic (exact) mass is 337 g/mol. The van der Waals surface area contributed by atoms with Crippen molar-refractivity contribution in [2.45, 2.75) is 0 Å². The minimum absolute atomic E-state index is 1.04. The molecule has 3 nitrogen and oxygen atoms in total. The topological polar surface area (TPSA) is 33.6 Å². The highest BCUT2D eigenvalue weighted by molar-refractivity contribution is 9.10. The summed E-state index contributed by atoms with van der Waals surface area (Å²) in [4.78, 5) is 0. The van der Waals surface area contributed by atoms with Gasteiger partial charge in [0.15, 0.2) is 0 Å². The van der Waals surface area contributed by atoms with Crippen molar-refractivity contribution in [3.8, 4) is 16.9 Å². The number of hydrogen-bond acceptors (Lipinski definition) is 1. The van der Waals surface area contributed by atoms with Gasteiger partial charge in [0.1, 0.15) is 0 Å². The molecular weight excluding hydrogens is 326 g/mol. The van der Waals surface area contributed by atoms with Crippen molar-refractivity contribution in [3.63, 3.8) is 0 Å². The van der Waals surface area contributed by atoms with Gasteiger partial charge >= 0.3 is 0 Å². The summed E-state index contributed by atoms with van der Waals surface area (Å²) in [5.41, 5.74) is 4.52. The molecule has 0 aliphatic carbocycles. The summed E-state index contributed by atoms with van der Waals surface area (Å²) in [5.74, 6) is 0. The molecule has 0 aliphatic rings. The molecule has 0 atom stereocenters. The highest BCUT2D eigenvalue weighted by atomic mass is 79.9. The Hall–Kier alpha value is -2.33. The van der Waals surface area contributed by atoms with Crippen LogP contribution in [0.5, 0.6) is 0 Å². The van der Waals surface area contributed by atoms with Gasteiger partial charge in [0.25, 0.3) is 0 Å². The highest BCUT2D eigenvalue weighted by Crippen LogP contribution is 2.26. The summed E-state index contributed by atoms with van der Waals surface area (Å²) >= 11 is 3.48. The van der Waals surface area contributed by atoms with Gasteiger partial charge in [-0.25, -0.2) is 0 Å². The van der Waals surface area contributed by atoms with Crippen LogP contribution in [0.3, 0.4) is 0 Å². The SMILES string of the molecule is Brc1ccc(-c2cccn2-c2ccc3cn[nH]c3c2)cc1. The van der Waals surface area contributed by atoms with E-state index in [1.165, 1.54) is 11.3 Å². The van der Waals surface area contributed by atoms with E-state index in [0.29, 0.717) is 0 Å². The molecule has 0 amide bonds. The van der Waals surface area contributed by atoms with Gasteiger partial charge in [0, 0.05) is 21.7 Å². The standard InChI is InChI=1S/C17H12BrN3/c18-14-6-3-12(4-7-14)17-2-1-9-21(17)15-8-5-13-11-19-20-16(13)10-15/h1-11H,(H,19,20). The molecule has 2 aromatic carbocycles. The van der Waals surface area contributed by atoms with E-state index in [0.717, 1.165) is 21.1 Å². The molecule has 102 valence electrons. The maximum Gasteiger partial charge on any atom is 0.0671 e. The average molecular weight is 338 g/mol. The third-order valence-corrected chi connectivity index (χ3v) is 4.12.